The van der Waals surface area contributed by atoms with E-state index in [9.17, 15) is 8.42 Å². The van der Waals surface area contributed by atoms with Gasteiger partial charge in [0.1, 0.15) is 5.82 Å². The van der Waals surface area contributed by atoms with E-state index in [4.69, 9.17) is 9.72 Å². The summed E-state index contributed by atoms with van der Waals surface area (Å²) < 4.78 is 35.1. The number of fused-ring (bicyclic) bond motifs is 2. The topological polar surface area (TPSA) is 76.5 Å². The van der Waals surface area contributed by atoms with Gasteiger partial charge >= 0.3 is 0 Å². The zero-order valence-electron chi connectivity index (χ0n) is 19.6. The number of aryl methyl sites for hydroxylation is 1. The average Bonchev–Trinajstić information content (AvgIpc) is 3.24. The Morgan fingerprint density at radius 1 is 1.06 bits per heavy atom. The molecule has 0 radical (unpaired) electrons. The van der Waals surface area contributed by atoms with Crippen molar-refractivity contribution < 1.29 is 13.2 Å². The van der Waals surface area contributed by atoms with E-state index in [1.807, 2.05) is 6.07 Å². The lowest BCUT2D eigenvalue weighted by Gasteiger charge is -2.26. The van der Waals surface area contributed by atoms with Gasteiger partial charge in [-0.25, -0.2) is 13.4 Å². The van der Waals surface area contributed by atoms with Gasteiger partial charge in [-0.15, -0.1) is 0 Å². The fourth-order valence-electron chi connectivity index (χ4n) is 4.73. The monoisotopic (exact) mass is 478 g/mol. The van der Waals surface area contributed by atoms with Crippen molar-refractivity contribution in [3.63, 3.8) is 0 Å². The summed E-state index contributed by atoms with van der Waals surface area (Å²) in [5.74, 6) is 0.894. The molecule has 1 aromatic heterocycles. The highest BCUT2D eigenvalue weighted by molar-refractivity contribution is 7.89. The minimum absolute atomic E-state index is 0.133. The second-order valence-corrected chi connectivity index (χ2v) is 10.5. The third-order valence-electron chi connectivity index (χ3n) is 6.58. The third kappa shape index (κ3) is 4.22. The molecule has 1 aliphatic rings. The van der Waals surface area contributed by atoms with Crippen molar-refractivity contribution in [1.29, 1.82) is 0 Å². The van der Waals surface area contributed by atoms with Crippen LogP contribution in [0.15, 0.2) is 65.6 Å². The van der Waals surface area contributed by atoms with Gasteiger partial charge in [-0.1, -0.05) is 42.5 Å². The Morgan fingerprint density at radius 3 is 2.62 bits per heavy atom. The summed E-state index contributed by atoms with van der Waals surface area (Å²) >= 11 is 0. The van der Waals surface area contributed by atoms with Crippen LogP contribution in [0, 0.1) is 0 Å². The van der Waals surface area contributed by atoms with Crippen LogP contribution in [0.5, 0.6) is 0 Å². The van der Waals surface area contributed by atoms with Gasteiger partial charge < -0.3 is 14.6 Å². The largest absolute Gasteiger partial charge is 0.379 e. The summed E-state index contributed by atoms with van der Waals surface area (Å²) in [7, 11) is -3.56. The molecule has 5 rings (SSSR count). The maximum atomic E-state index is 13.1. The summed E-state index contributed by atoms with van der Waals surface area (Å²) in [5, 5.41) is 6.08. The predicted molar refractivity (Wildman–Crippen MR) is 134 cm³/mol. The number of benzene rings is 3. The van der Waals surface area contributed by atoms with Crippen LogP contribution in [0.1, 0.15) is 31.3 Å². The molecule has 0 bridgehead atoms. The lowest BCUT2D eigenvalue weighted by atomic mass is 10.00. The number of sulfonamides is 1. The first-order valence-electron chi connectivity index (χ1n) is 11.8. The smallest absolute Gasteiger partial charge is 0.243 e. The molecule has 0 aliphatic carbocycles. The van der Waals surface area contributed by atoms with Gasteiger partial charge in [0.25, 0.3) is 0 Å². The number of imidazole rings is 1. The van der Waals surface area contributed by atoms with Crippen LogP contribution < -0.4 is 5.32 Å². The number of rotatable bonds is 7. The standard InChI is InChI=1S/C26H30N4O3S/c1-3-30-25-12-11-21(34(31,32)29-13-15-33-16-14-29)17-24(25)28-26(30)18-27-19(2)22-10-6-8-20-7-4-5-9-23(20)22/h4-12,17,19,27H,3,13-16,18H2,1-2H3/t19-/m1/s1. The summed E-state index contributed by atoms with van der Waals surface area (Å²) in [6.07, 6.45) is 0. The number of nitrogens with zero attached hydrogens (tertiary/aromatic N) is 3. The highest BCUT2D eigenvalue weighted by Gasteiger charge is 2.27. The Morgan fingerprint density at radius 2 is 1.82 bits per heavy atom. The molecule has 0 amide bonds. The average molecular weight is 479 g/mol. The Kier molecular flexibility index (Phi) is 6.40. The Hall–Kier alpha value is -2.78. The molecule has 1 saturated heterocycles. The van der Waals surface area contributed by atoms with Crippen molar-refractivity contribution >= 4 is 31.8 Å². The Labute approximate surface area is 200 Å². The minimum Gasteiger partial charge on any atom is -0.379 e. The molecule has 34 heavy (non-hydrogen) atoms. The number of aromatic nitrogens is 2. The highest BCUT2D eigenvalue weighted by atomic mass is 32.2. The van der Waals surface area contributed by atoms with Crippen LogP contribution in [-0.4, -0.2) is 48.6 Å². The second kappa shape index (κ2) is 9.46. The van der Waals surface area contributed by atoms with Gasteiger partial charge in [0, 0.05) is 25.7 Å². The van der Waals surface area contributed by atoms with E-state index in [1.165, 1.54) is 20.6 Å². The van der Waals surface area contributed by atoms with Gasteiger partial charge in [0.2, 0.25) is 10.0 Å². The Balaban J connectivity index is 1.41. The lowest BCUT2D eigenvalue weighted by Crippen LogP contribution is -2.40. The normalized spacial score (nSPS) is 16.3. The molecule has 8 heteroatoms. The molecule has 178 valence electrons. The Bertz CT molecular complexity index is 1420. The van der Waals surface area contributed by atoms with Crippen molar-refractivity contribution in [2.24, 2.45) is 0 Å². The molecule has 2 heterocycles. The van der Waals surface area contributed by atoms with Gasteiger partial charge in [0.05, 0.1) is 35.7 Å². The van der Waals surface area contributed by atoms with Crippen LogP contribution in [0.4, 0.5) is 0 Å². The number of nitrogens with one attached hydrogen (secondary N) is 1. The van der Waals surface area contributed by atoms with Crippen molar-refractivity contribution in [3.05, 3.63) is 72.1 Å². The van der Waals surface area contributed by atoms with Crippen LogP contribution in [-0.2, 0) is 27.8 Å². The van der Waals surface area contributed by atoms with Gasteiger partial charge in [-0.3, -0.25) is 0 Å². The van der Waals surface area contributed by atoms with E-state index in [2.05, 4.69) is 66.2 Å². The van der Waals surface area contributed by atoms with Crippen molar-refractivity contribution in [1.82, 2.24) is 19.2 Å². The summed E-state index contributed by atoms with van der Waals surface area (Å²) in [4.78, 5) is 5.11. The molecule has 4 aromatic rings. The zero-order chi connectivity index (χ0) is 23.7. The fourth-order valence-corrected chi connectivity index (χ4v) is 6.15. The van der Waals surface area contributed by atoms with Crippen molar-refractivity contribution in [2.45, 2.75) is 37.9 Å². The summed E-state index contributed by atoms with van der Waals surface area (Å²) in [6, 6.07) is 20.2. The van der Waals surface area contributed by atoms with Crippen LogP contribution in [0.3, 0.4) is 0 Å². The van der Waals surface area contributed by atoms with Gasteiger partial charge in [-0.05, 0) is 48.4 Å². The van der Waals surface area contributed by atoms with Crippen molar-refractivity contribution in [2.75, 3.05) is 26.3 Å². The first kappa shape index (κ1) is 23.0. The van der Waals surface area contributed by atoms with Crippen LogP contribution in [0.25, 0.3) is 21.8 Å². The lowest BCUT2D eigenvalue weighted by molar-refractivity contribution is 0.0730. The second-order valence-electron chi connectivity index (χ2n) is 8.61. The van der Waals surface area contributed by atoms with E-state index >= 15 is 0 Å². The quantitative estimate of drug-likeness (QED) is 0.433. The number of hydrogen-bond donors (Lipinski definition) is 1. The molecule has 1 aliphatic heterocycles. The molecule has 3 aromatic carbocycles. The molecule has 1 fully saturated rings. The molecule has 0 unspecified atom stereocenters. The number of hydrogen-bond acceptors (Lipinski definition) is 5. The van der Waals surface area contributed by atoms with Gasteiger partial charge in [-0.2, -0.15) is 4.31 Å². The van der Waals surface area contributed by atoms with E-state index in [0.29, 0.717) is 38.4 Å². The third-order valence-corrected chi connectivity index (χ3v) is 8.47. The van der Waals surface area contributed by atoms with E-state index in [0.717, 1.165) is 17.9 Å². The maximum absolute atomic E-state index is 13.1. The van der Waals surface area contributed by atoms with E-state index in [1.54, 1.807) is 12.1 Å². The zero-order valence-corrected chi connectivity index (χ0v) is 20.4. The molecular weight excluding hydrogens is 448 g/mol. The first-order chi connectivity index (χ1) is 16.5. The highest BCUT2D eigenvalue weighted by Crippen LogP contribution is 2.26. The maximum Gasteiger partial charge on any atom is 0.243 e. The van der Waals surface area contributed by atoms with Crippen LogP contribution in [0.2, 0.25) is 0 Å². The van der Waals surface area contributed by atoms with Crippen molar-refractivity contribution in [3.8, 4) is 0 Å². The minimum atomic E-state index is -3.56. The summed E-state index contributed by atoms with van der Waals surface area (Å²) in [5.41, 5.74) is 2.89. The first-order valence-corrected chi connectivity index (χ1v) is 13.2. The fraction of sp³-hybridized carbons (Fsp3) is 0.346. The molecule has 0 spiro atoms. The van der Waals surface area contributed by atoms with Crippen LogP contribution >= 0.6 is 0 Å². The predicted octanol–water partition coefficient (Wildman–Crippen LogP) is 4.08. The molecular formula is C26H30N4O3S. The molecule has 1 atom stereocenters. The number of morpholine rings is 1. The van der Waals surface area contributed by atoms with E-state index < -0.39 is 10.0 Å². The summed E-state index contributed by atoms with van der Waals surface area (Å²) in [6.45, 7) is 7.19. The van der Waals surface area contributed by atoms with E-state index in [-0.39, 0.29) is 10.9 Å². The molecule has 7 nitrogen and oxygen atoms in total. The number of ether oxygens (including phenoxy) is 1. The molecule has 1 N–H and O–H groups in total. The molecule has 0 saturated carbocycles. The SMILES string of the molecule is CCn1c(CN[C@H](C)c2cccc3ccccc23)nc2cc(S(=O)(=O)N3CCOCC3)ccc21. The van der Waals surface area contributed by atoms with Gasteiger partial charge in [0.15, 0.2) is 0 Å².